The number of fused-ring (bicyclic) bond motifs is 3. The van der Waals surface area contributed by atoms with E-state index in [-0.39, 0.29) is 0 Å². The molecular weight excluding hydrogens is 347 g/mol. The Hall–Kier alpha value is -1.66. The van der Waals surface area contributed by atoms with Gasteiger partial charge in [-0.3, -0.25) is 0 Å². The number of hydrogen-bond acceptors (Lipinski definition) is 4. The monoisotopic (exact) mass is 370 g/mol. The zero-order chi connectivity index (χ0) is 17.5. The largest absolute Gasteiger partial charge is 0.301 e. The maximum atomic E-state index is 12.7. The van der Waals surface area contributed by atoms with E-state index in [0.717, 1.165) is 30.1 Å². The van der Waals surface area contributed by atoms with E-state index in [1.54, 1.807) is 0 Å². The minimum atomic E-state index is -0.399. The average molecular weight is 370 g/mol. The van der Waals surface area contributed by atoms with Gasteiger partial charge in [-0.05, 0) is 49.4 Å². The van der Waals surface area contributed by atoms with Crippen LogP contribution in [0.3, 0.4) is 0 Å². The second-order valence-electron chi connectivity index (χ2n) is 7.57. The van der Waals surface area contributed by atoms with Crippen molar-refractivity contribution < 1.29 is 4.39 Å². The second kappa shape index (κ2) is 6.82. The summed E-state index contributed by atoms with van der Waals surface area (Å²) in [5, 5.41) is 9.33. The van der Waals surface area contributed by atoms with Crippen molar-refractivity contribution in [3.63, 3.8) is 0 Å². The fraction of sp³-hybridized carbons (Fsp3) is 0.500. The zero-order valence-electron chi connectivity index (χ0n) is 14.7. The van der Waals surface area contributed by atoms with E-state index in [0.29, 0.717) is 11.3 Å². The molecule has 2 bridgehead atoms. The predicted molar refractivity (Wildman–Crippen MR) is 102 cm³/mol. The third kappa shape index (κ3) is 2.99. The molecule has 3 saturated heterocycles. The van der Waals surface area contributed by atoms with Gasteiger partial charge < -0.3 is 4.90 Å². The van der Waals surface area contributed by atoms with Gasteiger partial charge in [0.2, 0.25) is 0 Å². The number of thioether (sulfide) groups is 1. The molecule has 6 rings (SSSR count). The SMILES string of the molecule is FCc1ccc([C@H]2CC=C(c3cn([C@H]4CN5CCC4CC5)nn3)S2)cc1. The van der Waals surface area contributed by atoms with Crippen LogP contribution in [-0.2, 0) is 6.67 Å². The van der Waals surface area contributed by atoms with Crippen molar-refractivity contribution in [2.75, 3.05) is 19.6 Å². The van der Waals surface area contributed by atoms with E-state index < -0.39 is 6.67 Å². The molecule has 0 aliphatic carbocycles. The molecule has 0 amide bonds. The fourth-order valence-electron chi connectivity index (χ4n) is 4.44. The lowest BCUT2D eigenvalue weighted by atomic mass is 9.84. The Kier molecular flexibility index (Phi) is 4.33. The molecule has 3 fully saturated rings. The summed E-state index contributed by atoms with van der Waals surface area (Å²) >= 11 is 1.85. The molecule has 2 atom stereocenters. The van der Waals surface area contributed by atoms with E-state index in [1.807, 2.05) is 36.0 Å². The Morgan fingerprint density at radius 1 is 1.15 bits per heavy atom. The van der Waals surface area contributed by atoms with Crippen LogP contribution in [0.5, 0.6) is 0 Å². The lowest BCUT2D eigenvalue weighted by Gasteiger charge is -2.44. The topological polar surface area (TPSA) is 34.0 Å². The quantitative estimate of drug-likeness (QED) is 0.806. The van der Waals surface area contributed by atoms with Gasteiger partial charge >= 0.3 is 0 Å². The average Bonchev–Trinajstić information content (AvgIpc) is 3.38. The van der Waals surface area contributed by atoms with Crippen LogP contribution in [0.15, 0.2) is 36.5 Å². The van der Waals surface area contributed by atoms with Gasteiger partial charge in [0.25, 0.3) is 0 Å². The van der Waals surface area contributed by atoms with Gasteiger partial charge in [-0.25, -0.2) is 9.07 Å². The van der Waals surface area contributed by atoms with Gasteiger partial charge in [-0.1, -0.05) is 35.6 Å². The van der Waals surface area contributed by atoms with Crippen molar-refractivity contribution >= 4 is 16.7 Å². The number of alkyl halides is 1. The Morgan fingerprint density at radius 2 is 1.96 bits per heavy atom. The first-order chi connectivity index (χ1) is 12.8. The maximum Gasteiger partial charge on any atom is 0.119 e. The first-order valence-corrected chi connectivity index (χ1v) is 10.3. The van der Waals surface area contributed by atoms with Crippen LogP contribution in [0, 0.1) is 5.92 Å². The van der Waals surface area contributed by atoms with Crippen LogP contribution >= 0.6 is 11.8 Å². The van der Waals surface area contributed by atoms with Gasteiger partial charge in [0.1, 0.15) is 12.4 Å². The Morgan fingerprint density at radius 3 is 2.65 bits per heavy atom. The molecule has 4 nitrogen and oxygen atoms in total. The normalized spacial score (nSPS) is 30.6. The predicted octanol–water partition coefficient (Wildman–Crippen LogP) is 4.23. The minimum absolute atomic E-state index is 0.389. The highest BCUT2D eigenvalue weighted by Gasteiger charge is 2.36. The molecule has 0 saturated carbocycles. The molecule has 0 spiro atoms. The zero-order valence-corrected chi connectivity index (χ0v) is 15.5. The van der Waals surface area contributed by atoms with Crippen molar-refractivity contribution in [2.45, 2.75) is 37.2 Å². The van der Waals surface area contributed by atoms with E-state index in [4.69, 9.17) is 0 Å². The third-order valence-electron chi connectivity index (χ3n) is 6.02. The number of benzene rings is 1. The second-order valence-corrected chi connectivity index (χ2v) is 8.82. The van der Waals surface area contributed by atoms with E-state index >= 15 is 0 Å². The number of nitrogens with zero attached hydrogens (tertiary/aromatic N) is 4. The molecule has 0 radical (unpaired) electrons. The summed E-state index contributed by atoms with van der Waals surface area (Å²) in [6.07, 6.45) is 7.97. The highest BCUT2D eigenvalue weighted by atomic mass is 32.2. The highest BCUT2D eigenvalue weighted by molar-refractivity contribution is 8.08. The van der Waals surface area contributed by atoms with Gasteiger partial charge in [-0.2, -0.15) is 0 Å². The van der Waals surface area contributed by atoms with Crippen molar-refractivity contribution in [3.05, 3.63) is 53.4 Å². The number of hydrogen-bond donors (Lipinski definition) is 0. The maximum absolute atomic E-state index is 12.7. The Labute approximate surface area is 157 Å². The van der Waals surface area contributed by atoms with E-state index in [2.05, 4.69) is 32.2 Å². The Balaban J connectivity index is 1.28. The lowest BCUT2D eigenvalue weighted by molar-refractivity contribution is 0.0504. The summed E-state index contributed by atoms with van der Waals surface area (Å²) < 4.78 is 14.8. The van der Waals surface area contributed by atoms with Crippen LogP contribution < -0.4 is 0 Å². The molecular formula is C20H23FN4S. The van der Waals surface area contributed by atoms with Gasteiger partial charge in [-0.15, -0.1) is 16.9 Å². The summed E-state index contributed by atoms with van der Waals surface area (Å²) in [5.41, 5.74) is 2.99. The summed E-state index contributed by atoms with van der Waals surface area (Å²) in [4.78, 5) is 3.77. The van der Waals surface area contributed by atoms with E-state index in [1.165, 1.54) is 36.4 Å². The minimum Gasteiger partial charge on any atom is -0.301 e. The number of halogens is 1. The first kappa shape index (κ1) is 16.5. The molecule has 4 aliphatic rings. The van der Waals surface area contributed by atoms with Gasteiger partial charge in [0.15, 0.2) is 0 Å². The fourth-order valence-corrected chi connectivity index (χ4v) is 5.64. The molecule has 136 valence electrons. The molecule has 2 aromatic rings. The van der Waals surface area contributed by atoms with Crippen LogP contribution in [0.1, 0.15) is 47.4 Å². The summed E-state index contributed by atoms with van der Waals surface area (Å²) in [5.74, 6) is 0.751. The lowest BCUT2D eigenvalue weighted by Crippen LogP contribution is -2.48. The molecule has 6 heteroatoms. The van der Waals surface area contributed by atoms with Crippen LogP contribution in [0.2, 0.25) is 0 Å². The number of rotatable bonds is 4. The standard InChI is InChI=1S/C20H23FN4S/c21-11-14-1-3-16(4-2-14)19-5-6-20(26-19)17-12-25(23-22-17)18-13-24-9-7-15(18)8-10-24/h1-4,6,12,15,18-19H,5,7-11,13H2/t18-,19+/m0/s1. The van der Waals surface area contributed by atoms with Crippen molar-refractivity contribution in [1.82, 2.24) is 19.9 Å². The first-order valence-electron chi connectivity index (χ1n) is 9.46. The van der Waals surface area contributed by atoms with Crippen LogP contribution in [0.4, 0.5) is 4.39 Å². The summed E-state index contributed by atoms with van der Waals surface area (Å²) in [6.45, 7) is 3.20. The smallest absolute Gasteiger partial charge is 0.119 e. The molecule has 0 unspecified atom stereocenters. The Bertz CT molecular complexity index is 807. The molecule has 1 aromatic carbocycles. The third-order valence-corrected chi connectivity index (χ3v) is 7.40. The molecule has 5 heterocycles. The van der Waals surface area contributed by atoms with Crippen molar-refractivity contribution in [3.8, 4) is 0 Å². The van der Waals surface area contributed by atoms with Crippen molar-refractivity contribution in [2.24, 2.45) is 5.92 Å². The van der Waals surface area contributed by atoms with Crippen LogP contribution in [0.25, 0.3) is 4.91 Å². The van der Waals surface area contributed by atoms with Gasteiger partial charge in [0, 0.05) is 16.7 Å². The highest BCUT2D eigenvalue weighted by Crippen LogP contribution is 2.47. The number of aromatic nitrogens is 3. The number of piperidine rings is 3. The van der Waals surface area contributed by atoms with Crippen LogP contribution in [-0.4, -0.2) is 39.5 Å². The molecule has 0 N–H and O–H groups in total. The molecule has 4 aliphatic heterocycles. The molecule has 1 aromatic heterocycles. The van der Waals surface area contributed by atoms with E-state index in [9.17, 15) is 4.39 Å². The number of allylic oxidation sites excluding steroid dienone is 1. The van der Waals surface area contributed by atoms with Crippen molar-refractivity contribution in [1.29, 1.82) is 0 Å². The summed E-state index contributed by atoms with van der Waals surface area (Å²) in [6, 6.07) is 8.35. The summed E-state index contributed by atoms with van der Waals surface area (Å²) in [7, 11) is 0. The van der Waals surface area contributed by atoms with Gasteiger partial charge in [0.05, 0.1) is 12.2 Å². The molecule has 26 heavy (non-hydrogen) atoms.